The molecule has 2 aromatic carbocycles. The van der Waals surface area contributed by atoms with Crippen molar-refractivity contribution >= 4 is 45.9 Å². The van der Waals surface area contributed by atoms with E-state index in [4.69, 9.17) is 16.3 Å². The molecule has 0 aliphatic rings. The van der Waals surface area contributed by atoms with E-state index >= 15 is 0 Å². The summed E-state index contributed by atoms with van der Waals surface area (Å²) in [6.07, 6.45) is -0.0342. The van der Waals surface area contributed by atoms with Crippen LogP contribution in [0.5, 0.6) is 0 Å². The van der Waals surface area contributed by atoms with Crippen LogP contribution in [0, 0.1) is 6.92 Å². The molecule has 0 spiro atoms. The summed E-state index contributed by atoms with van der Waals surface area (Å²) in [5, 5.41) is 6.21. The summed E-state index contributed by atoms with van der Waals surface area (Å²) in [5.74, 6) is -1.22. The molecule has 1 aromatic heterocycles. The van der Waals surface area contributed by atoms with Gasteiger partial charge in [0.2, 0.25) is 5.91 Å². The number of halogens is 1. The smallest absolute Gasteiger partial charge is 0.350 e. The van der Waals surface area contributed by atoms with Crippen LogP contribution in [0.1, 0.15) is 50.7 Å². The first-order chi connectivity index (χ1) is 15.4. The van der Waals surface area contributed by atoms with Crippen LogP contribution in [0.25, 0.3) is 0 Å². The topological polar surface area (TPSA) is 97.4 Å². The zero-order chi connectivity index (χ0) is 23.1. The molecule has 3 rings (SSSR count). The van der Waals surface area contributed by atoms with Crippen molar-refractivity contribution in [1.82, 2.24) is 10.3 Å². The van der Waals surface area contributed by atoms with Gasteiger partial charge in [-0.1, -0.05) is 65.4 Å². The second-order valence-corrected chi connectivity index (χ2v) is 8.23. The second-order valence-electron chi connectivity index (χ2n) is 6.82. The summed E-state index contributed by atoms with van der Waals surface area (Å²) in [4.78, 5) is 42.1. The van der Waals surface area contributed by atoms with E-state index in [-0.39, 0.29) is 24.8 Å². The van der Waals surface area contributed by atoms with Crippen molar-refractivity contribution in [1.29, 1.82) is 0 Å². The Hall–Kier alpha value is -3.23. The maximum atomic E-state index is 12.8. The number of carbonyl (C=O) groups is 3. The molecular weight excluding hydrogens is 450 g/mol. The molecule has 0 fully saturated rings. The first-order valence-electron chi connectivity index (χ1n) is 9.93. The Kier molecular flexibility index (Phi) is 7.97. The number of rotatable bonds is 8. The number of thiazole rings is 1. The Labute approximate surface area is 194 Å². The van der Waals surface area contributed by atoms with Gasteiger partial charge in [-0.2, -0.15) is 0 Å². The second kappa shape index (κ2) is 10.9. The van der Waals surface area contributed by atoms with Gasteiger partial charge in [0.15, 0.2) is 5.13 Å². The highest BCUT2D eigenvalue weighted by atomic mass is 35.5. The van der Waals surface area contributed by atoms with Crippen LogP contribution >= 0.6 is 22.9 Å². The average Bonchev–Trinajstić information content (AvgIpc) is 3.14. The van der Waals surface area contributed by atoms with Crippen LogP contribution in [0.2, 0.25) is 5.02 Å². The van der Waals surface area contributed by atoms with E-state index in [0.717, 1.165) is 16.9 Å². The lowest BCUT2D eigenvalue weighted by Crippen LogP contribution is -2.31. The molecule has 0 bridgehead atoms. The summed E-state index contributed by atoms with van der Waals surface area (Å²) < 4.78 is 5.01. The first-order valence-corrected chi connectivity index (χ1v) is 11.1. The third-order valence-corrected chi connectivity index (χ3v) is 5.90. The van der Waals surface area contributed by atoms with Gasteiger partial charge < -0.3 is 15.4 Å². The van der Waals surface area contributed by atoms with Crippen LogP contribution < -0.4 is 10.6 Å². The fourth-order valence-corrected chi connectivity index (χ4v) is 4.11. The molecule has 3 aromatic rings. The van der Waals surface area contributed by atoms with E-state index in [1.807, 2.05) is 30.3 Å². The number of nitrogens with one attached hydrogen (secondary N) is 2. The van der Waals surface area contributed by atoms with Gasteiger partial charge in [-0.15, -0.1) is 0 Å². The number of nitrogens with zero attached hydrogens (tertiary/aromatic N) is 1. The van der Waals surface area contributed by atoms with Crippen LogP contribution in [0.3, 0.4) is 0 Å². The van der Waals surface area contributed by atoms with Crippen molar-refractivity contribution in [3.63, 3.8) is 0 Å². The minimum absolute atomic E-state index is 0.0342. The fraction of sp³-hybridized carbons (Fsp3) is 0.217. The van der Waals surface area contributed by atoms with E-state index in [9.17, 15) is 14.4 Å². The molecule has 1 atom stereocenters. The van der Waals surface area contributed by atoms with Gasteiger partial charge in [0.25, 0.3) is 5.91 Å². The molecule has 9 heteroatoms. The van der Waals surface area contributed by atoms with Gasteiger partial charge in [0.05, 0.1) is 35.3 Å². The average molecular weight is 472 g/mol. The molecular formula is C23H22ClN3O4S. The third kappa shape index (κ3) is 5.93. The number of amides is 2. The lowest BCUT2D eigenvalue weighted by Gasteiger charge is -2.19. The maximum absolute atomic E-state index is 12.8. The van der Waals surface area contributed by atoms with Crippen molar-refractivity contribution in [3.8, 4) is 0 Å². The number of benzene rings is 2. The molecule has 0 saturated heterocycles. The van der Waals surface area contributed by atoms with E-state index in [2.05, 4.69) is 15.6 Å². The molecule has 0 aliphatic carbocycles. The van der Waals surface area contributed by atoms with Gasteiger partial charge in [0, 0.05) is 0 Å². The predicted molar refractivity (Wildman–Crippen MR) is 124 cm³/mol. The van der Waals surface area contributed by atoms with E-state index < -0.39 is 12.0 Å². The molecule has 32 heavy (non-hydrogen) atoms. The number of carbonyl (C=O) groups excluding carboxylic acids is 3. The zero-order valence-electron chi connectivity index (χ0n) is 17.6. The van der Waals surface area contributed by atoms with Crippen molar-refractivity contribution in [3.05, 3.63) is 81.3 Å². The standard InChI is InChI=1S/C23H22ClN3O4S/c1-3-31-22(30)20-14(2)25-23(32-20)27-19(28)13-18(15-9-5-4-6-10-15)26-21(29)16-11-7-8-12-17(16)24/h4-12,18H,3,13H2,1-2H3,(H,26,29)(H,25,27,28). The van der Waals surface area contributed by atoms with E-state index in [0.29, 0.717) is 26.3 Å². The predicted octanol–water partition coefficient (Wildman–Crippen LogP) is 4.78. The van der Waals surface area contributed by atoms with Crippen LogP contribution in [0.4, 0.5) is 5.13 Å². The number of anilines is 1. The Morgan fingerprint density at radius 3 is 2.47 bits per heavy atom. The van der Waals surface area contributed by atoms with Crippen molar-refractivity contribution < 1.29 is 19.1 Å². The SMILES string of the molecule is CCOC(=O)c1sc(NC(=O)CC(NC(=O)c2ccccc2Cl)c2ccccc2)nc1C. The number of ether oxygens (including phenoxy) is 1. The monoisotopic (exact) mass is 471 g/mol. The normalized spacial score (nSPS) is 11.5. The van der Waals surface area contributed by atoms with Gasteiger partial charge in [0.1, 0.15) is 4.88 Å². The molecule has 7 nitrogen and oxygen atoms in total. The Morgan fingerprint density at radius 2 is 1.78 bits per heavy atom. The van der Waals surface area contributed by atoms with Gasteiger partial charge >= 0.3 is 5.97 Å². The largest absolute Gasteiger partial charge is 0.462 e. The Bertz CT molecular complexity index is 1120. The summed E-state index contributed by atoms with van der Waals surface area (Å²) >= 11 is 7.19. The summed E-state index contributed by atoms with van der Waals surface area (Å²) in [6, 6.07) is 15.3. The van der Waals surface area contributed by atoms with Crippen LogP contribution in [0.15, 0.2) is 54.6 Å². The third-order valence-electron chi connectivity index (χ3n) is 4.52. The minimum Gasteiger partial charge on any atom is -0.462 e. The molecule has 166 valence electrons. The van der Waals surface area contributed by atoms with Crippen molar-refractivity contribution in [2.24, 2.45) is 0 Å². The maximum Gasteiger partial charge on any atom is 0.350 e. The lowest BCUT2D eigenvalue weighted by molar-refractivity contribution is -0.116. The fourth-order valence-electron chi connectivity index (χ4n) is 3.01. The molecule has 2 N–H and O–H groups in total. The number of hydrogen-bond acceptors (Lipinski definition) is 6. The number of aromatic nitrogens is 1. The van der Waals surface area contributed by atoms with E-state index in [1.165, 1.54) is 0 Å². The highest BCUT2D eigenvalue weighted by molar-refractivity contribution is 7.17. The van der Waals surface area contributed by atoms with Crippen molar-refractivity contribution in [2.75, 3.05) is 11.9 Å². The Morgan fingerprint density at radius 1 is 1.09 bits per heavy atom. The van der Waals surface area contributed by atoms with E-state index in [1.54, 1.807) is 38.1 Å². The number of esters is 1. The van der Waals surface area contributed by atoms with Crippen LogP contribution in [-0.4, -0.2) is 29.4 Å². The summed E-state index contributed by atoms with van der Waals surface area (Å²) in [7, 11) is 0. The summed E-state index contributed by atoms with van der Waals surface area (Å²) in [6.45, 7) is 3.65. The van der Waals surface area contributed by atoms with Crippen LogP contribution in [-0.2, 0) is 9.53 Å². The molecule has 0 saturated carbocycles. The quantitative estimate of drug-likeness (QED) is 0.461. The zero-order valence-corrected chi connectivity index (χ0v) is 19.1. The summed E-state index contributed by atoms with van der Waals surface area (Å²) in [5.41, 5.74) is 1.58. The molecule has 0 aliphatic heterocycles. The van der Waals surface area contributed by atoms with Gasteiger partial charge in [-0.25, -0.2) is 9.78 Å². The lowest BCUT2D eigenvalue weighted by atomic mass is 10.0. The van der Waals surface area contributed by atoms with Gasteiger partial charge in [-0.05, 0) is 31.5 Å². The Balaban J connectivity index is 1.75. The highest BCUT2D eigenvalue weighted by Crippen LogP contribution is 2.25. The highest BCUT2D eigenvalue weighted by Gasteiger charge is 2.22. The van der Waals surface area contributed by atoms with Crippen molar-refractivity contribution in [2.45, 2.75) is 26.3 Å². The van der Waals surface area contributed by atoms with Gasteiger partial charge in [-0.3, -0.25) is 9.59 Å². The number of aryl methyl sites for hydroxylation is 1. The molecule has 1 unspecified atom stereocenters. The minimum atomic E-state index is -0.592. The molecule has 2 amide bonds. The molecule has 1 heterocycles. The first kappa shape index (κ1) is 23.4. The molecule has 0 radical (unpaired) electrons. The number of hydrogen-bond donors (Lipinski definition) is 2.